The maximum absolute atomic E-state index is 7.57. The van der Waals surface area contributed by atoms with Crippen molar-refractivity contribution in [3.8, 4) is 11.5 Å². The third-order valence-corrected chi connectivity index (χ3v) is 2.84. The van der Waals surface area contributed by atoms with Gasteiger partial charge in [-0.15, -0.1) is 0 Å². The molecule has 0 aliphatic rings. The van der Waals surface area contributed by atoms with Crippen LogP contribution >= 0.6 is 0 Å². The number of para-hydroxylation sites is 2. The Hall–Kier alpha value is -2.49. The SMILES string of the molecule is CCOc1ccccc1OCc1ccccc1C(=N)N. The second-order valence-corrected chi connectivity index (χ2v) is 4.24. The summed E-state index contributed by atoms with van der Waals surface area (Å²) in [4.78, 5) is 0. The summed E-state index contributed by atoms with van der Waals surface area (Å²) in [6.07, 6.45) is 0. The summed E-state index contributed by atoms with van der Waals surface area (Å²) in [6, 6.07) is 15.0. The molecule has 0 saturated heterocycles. The fraction of sp³-hybridized carbons (Fsp3) is 0.188. The molecule has 2 aromatic carbocycles. The first-order valence-electron chi connectivity index (χ1n) is 6.49. The standard InChI is InChI=1S/C16H18N2O2/c1-2-19-14-9-5-6-10-15(14)20-11-12-7-3-4-8-13(12)16(17)18/h3-10H,2,11H2,1H3,(H3,17,18). The van der Waals surface area contributed by atoms with E-state index in [2.05, 4.69) is 0 Å². The van der Waals surface area contributed by atoms with Gasteiger partial charge in [-0.2, -0.15) is 0 Å². The summed E-state index contributed by atoms with van der Waals surface area (Å²) in [5.41, 5.74) is 7.14. The van der Waals surface area contributed by atoms with Crippen LogP contribution in [-0.2, 0) is 6.61 Å². The number of ether oxygens (including phenoxy) is 2. The van der Waals surface area contributed by atoms with Gasteiger partial charge in [0.05, 0.1) is 6.61 Å². The second kappa shape index (κ2) is 6.61. The fourth-order valence-corrected chi connectivity index (χ4v) is 1.91. The smallest absolute Gasteiger partial charge is 0.161 e. The zero-order valence-electron chi connectivity index (χ0n) is 11.4. The van der Waals surface area contributed by atoms with Gasteiger partial charge >= 0.3 is 0 Å². The van der Waals surface area contributed by atoms with Crippen LogP contribution in [0.2, 0.25) is 0 Å². The maximum atomic E-state index is 7.57. The highest BCUT2D eigenvalue weighted by Gasteiger charge is 2.07. The lowest BCUT2D eigenvalue weighted by Crippen LogP contribution is -2.14. The first-order valence-corrected chi connectivity index (χ1v) is 6.49. The predicted octanol–water partition coefficient (Wildman–Crippen LogP) is 2.95. The molecule has 104 valence electrons. The van der Waals surface area contributed by atoms with E-state index in [9.17, 15) is 0 Å². The van der Waals surface area contributed by atoms with Crippen LogP contribution in [0, 0.1) is 5.41 Å². The fourth-order valence-electron chi connectivity index (χ4n) is 1.91. The number of rotatable bonds is 6. The predicted molar refractivity (Wildman–Crippen MR) is 79.4 cm³/mol. The van der Waals surface area contributed by atoms with E-state index in [1.54, 1.807) is 0 Å². The first kappa shape index (κ1) is 13.9. The molecule has 3 N–H and O–H groups in total. The van der Waals surface area contributed by atoms with Crippen molar-refractivity contribution >= 4 is 5.84 Å². The molecule has 20 heavy (non-hydrogen) atoms. The van der Waals surface area contributed by atoms with Crippen LogP contribution in [0.15, 0.2) is 48.5 Å². The van der Waals surface area contributed by atoms with Crippen molar-refractivity contribution in [2.75, 3.05) is 6.61 Å². The van der Waals surface area contributed by atoms with Gasteiger partial charge < -0.3 is 15.2 Å². The number of hydrogen-bond donors (Lipinski definition) is 2. The molecule has 0 heterocycles. The van der Waals surface area contributed by atoms with Crippen molar-refractivity contribution in [3.05, 3.63) is 59.7 Å². The zero-order chi connectivity index (χ0) is 14.4. The molecule has 0 bridgehead atoms. The summed E-state index contributed by atoms with van der Waals surface area (Å²) >= 11 is 0. The molecule has 0 amide bonds. The van der Waals surface area contributed by atoms with Gasteiger partial charge in [0.25, 0.3) is 0 Å². The normalized spacial score (nSPS) is 10.1. The highest BCUT2D eigenvalue weighted by atomic mass is 16.5. The van der Waals surface area contributed by atoms with Gasteiger partial charge in [0.1, 0.15) is 12.4 Å². The molecule has 0 aliphatic carbocycles. The van der Waals surface area contributed by atoms with Crippen molar-refractivity contribution in [2.24, 2.45) is 5.73 Å². The van der Waals surface area contributed by atoms with Gasteiger partial charge in [-0.05, 0) is 19.1 Å². The molecular formula is C16H18N2O2. The Kier molecular flexibility index (Phi) is 4.60. The van der Waals surface area contributed by atoms with Gasteiger partial charge in [0.15, 0.2) is 11.5 Å². The molecule has 2 aromatic rings. The summed E-state index contributed by atoms with van der Waals surface area (Å²) in [5, 5.41) is 7.57. The second-order valence-electron chi connectivity index (χ2n) is 4.24. The summed E-state index contributed by atoms with van der Waals surface area (Å²) in [6.45, 7) is 2.87. The van der Waals surface area contributed by atoms with Crippen molar-refractivity contribution in [3.63, 3.8) is 0 Å². The van der Waals surface area contributed by atoms with Crippen molar-refractivity contribution in [2.45, 2.75) is 13.5 Å². The lowest BCUT2D eigenvalue weighted by atomic mass is 10.1. The molecule has 0 aliphatic heterocycles. The summed E-state index contributed by atoms with van der Waals surface area (Å²) in [7, 11) is 0. The van der Waals surface area contributed by atoms with E-state index < -0.39 is 0 Å². The first-order chi connectivity index (χ1) is 9.72. The molecule has 0 radical (unpaired) electrons. The van der Waals surface area contributed by atoms with Crippen molar-refractivity contribution in [1.82, 2.24) is 0 Å². The molecule has 0 fully saturated rings. The van der Waals surface area contributed by atoms with Crippen LogP contribution in [0.25, 0.3) is 0 Å². The Bertz CT molecular complexity index is 597. The summed E-state index contributed by atoms with van der Waals surface area (Å²) < 4.78 is 11.3. The molecule has 0 saturated carbocycles. The Morgan fingerprint density at radius 2 is 1.60 bits per heavy atom. The average molecular weight is 270 g/mol. The lowest BCUT2D eigenvalue weighted by Gasteiger charge is -2.13. The van der Waals surface area contributed by atoms with Crippen LogP contribution in [-0.4, -0.2) is 12.4 Å². The van der Waals surface area contributed by atoms with Crippen LogP contribution in [0.5, 0.6) is 11.5 Å². The van der Waals surface area contributed by atoms with Crippen molar-refractivity contribution in [1.29, 1.82) is 5.41 Å². The molecule has 0 atom stereocenters. The monoisotopic (exact) mass is 270 g/mol. The van der Waals surface area contributed by atoms with E-state index in [4.69, 9.17) is 20.6 Å². The zero-order valence-corrected chi connectivity index (χ0v) is 11.4. The lowest BCUT2D eigenvalue weighted by molar-refractivity contribution is 0.269. The molecule has 2 rings (SSSR count). The van der Waals surface area contributed by atoms with E-state index in [1.807, 2.05) is 55.5 Å². The Morgan fingerprint density at radius 3 is 2.25 bits per heavy atom. The Morgan fingerprint density at radius 1 is 1.00 bits per heavy atom. The third-order valence-electron chi connectivity index (χ3n) is 2.84. The molecule has 0 unspecified atom stereocenters. The van der Waals surface area contributed by atoms with Crippen LogP contribution in [0.3, 0.4) is 0 Å². The topological polar surface area (TPSA) is 68.3 Å². The van der Waals surface area contributed by atoms with E-state index >= 15 is 0 Å². The molecule has 0 aromatic heterocycles. The highest BCUT2D eigenvalue weighted by Crippen LogP contribution is 2.27. The van der Waals surface area contributed by atoms with Crippen LogP contribution in [0.1, 0.15) is 18.1 Å². The minimum Gasteiger partial charge on any atom is -0.490 e. The average Bonchev–Trinajstić information content (AvgIpc) is 2.47. The van der Waals surface area contributed by atoms with Crippen molar-refractivity contribution < 1.29 is 9.47 Å². The number of nitrogen functional groups attached to an aromatic ring is 1. The highest BCUT2D eigenvalue weighted by molar-refractivity contribution is 5.96. The quantitative estimate of drug-likeness (QED) is 0.626. The van der Waals surface area contributed by atoms with Crippen LogP contribution in [0.4, 0.5) is 0 Å². The summed E-state index contributed by atoms with van der Waals surface area (Å²) in [5.74, 6) is 1.45. The molecule has 0 spiro atoms. The molecule has 4 heteroatoms. The number of hydrogen-bond acceptors (Lipinski definition) is 3. The van der Waals surface area contributed by atoms with Gasteiger partial charge in [-0.3, -0.25) is 5.41 Å². The van der Waals surface area contributed by atoms with Gasteiger partial charge in [-0.25, -0.2) is 0 Å². The Labute approximate surface area is 118 Å². The van der Waals surface area contributed by atoms with E-state index in [0.29, 0.717) is 24.5 Å². The number of nitrogens with two attached hydrogens (primary N) is 1. The van der Waals surface area contributed by atoms with E-state index in [0.717, 1.165) is 11.3 Å². The Balaban J connectivity index is 2.15. The number of nitrogens with one attached hydrogen (secondary N) is 1. The van der Waals surface area contributed by atoms with Crippen LogP contribution < -0.4 is 15.2 Å². The number of benzene rings is 2. The maximum Gasteiger partial charge on any atom is 0.161 e. The molecule has 4 nitrogen and oxygen atoms in total. The van der Waals surface area contributed by atoms with E-state index in [1.165, 1.54) is 0 Å². The largest absolute Gasteiger partial charge is 0.490 e. The minimum absolute atomic E-state index is 0.0438. The van der Waals surface area contributed by atoms with Gasteiger partial charge in [0.2, 0.25) is 0 Å². The van der Waals surface area contributed by atoms with E-state index in [-0.39, 0.29) is 5.84 Å². The third kappa shape index (κ3) is 3.29. The van der Waals surface area contributed by atoms with Gasteiger partial charge in [0, 0.05) is 11.1 Å². The van der Waals surface area contributed by atoms with Gasteiger partial charge in [-0.1, -0.05) is 36.4 Å². The number of amidine groups is 1. The minimum atomic E-state index is 0.0438. The molecular weight excluding hydrogens is 252 g/mol.